The van der Waals surface area contributed by atoms with Gasteiger partial charge < -0.3 is 73.0 Å². The first-order chi connectivity index (χ1) is 62.4. The average molecular weight is 1860 g/mol. The van der Waals surface area contributed by atoms with Crippen molar-refractivity contribution < 1.29 is 69.8 Å². The number of aliphatic carboxylic acids is 1. The third-order valence-corrected chi connectivity index (χ3v) is 29.3. The minimum Gasteiger partial charge on any atom is -0.481 e. The van der Waals surface area contributed by atoms with E-state index in [0.717, 1.165) is 186 Å². The molecule has 21 heteroatoms. The number of ether oxygens (including phenoxy) is 2. The molecule has 0 unspecified atom stereocenters. The van der Waals surface area contributed by atoms with Gasteiger partial charge in [0.15, 0.2) is 24.5 Å². The summed E-state index contributed by atoms with van der Waals surface area (Å²) in [5.74, 6) is -0.539. The number of benzene rings is 4. The number of carbonyl (C=O) groups excluding carboxylic acids is 3. The molecule has 6 N–H and O–H groups in total. The molecule has 8 rings (SSSR count). The zero-order chi connectivity index (χ0) is 98.9. The van der Waals surface area contributed by atoms with Gasteiger partial charge in [-0.15, -0.1) is 0 Å². The second-order valence-electron chi connectivity index (χ2n) is 45.2. The Morgan fingerprint density at radius 1 is 0.396 bits per heavy atom. The number of unbranched alkanes of at least 4 members (excludes halogenated alkanes) is 4. The highest BCUT2D eigenvalue weighted by molar-refractivity contribution is 6.04. The standard InChI is InChI=1S/C56H93N7O3.C38H54N3O2.C18H41N4O2.CH4/c1-15-63(16-2,17-3)45-28-40-60-49-33-23-21-31-47(49)56(9,10)51(60)35-25-34-50-55(7,8)46-30-20-22-32-48(46)59(50)39-24-18-19-36-52(64)57-37-26-41-61(11,12)43-29-44-62(13,14)42-27-38-58-53(65)66-54(4,5)6;1-8-41(9-2,10-3)29-19-28-40-33-23-16-14-21-31(33)38(6,7)35(40)25-18-24-34-37(4,5)30-20-13-15-22-32(30)39(34)27-17-11-12-26-36(42)43;1-18(2,3)24-17(23)20-12-9-14-22(6,7)16-10-15-21(4,5)13-8-11-19;/h20-23,25,30-35H,15-19,24,26-29,36-45H2,1-14H3;13-16,18,20-25H,8-12,17,19,26-29H2,1-7H3;8-16,19H2,1-7H3;1H4/q+2;2*+1;/p+4. The predicted octanol–water partition coefficient (Wildman–Crippen LogP) is 20.7. The Balaban J connectivity index is 0.000000398. The molecule has 752 valence electrons. The number of rotatable bonds is 53. The quantitative estimate of drug-likeness (QED) is 0.0162. The number of nitrogens with zero attached hydrogens (tertiary/aromatic N) is 10. The van der Waals surface area contributed by atoms with Crippen LogP contribution in [0.2, 0.25) is 0 Å². The van der Waals surface area contributed by atoms with Gasteiger partial charge in [-0.25, -0.2) is 9.59 Å². The SMILES string of the molecule is C.CC(C)(C)OC(=O)NCCC[N+](C)(C)CCC[N+](C)(C)CCCN.CC[N+](CC)(CC)CCC[N+]1=C(C=CC=C2N(CCCCCC(=O)NCCC[N+](C)(C)CCC[N+](C)(C)CCCNC(=O)OC(C)(C)C)c3ccccc3C2(C)C)C(C)(C)c2ccccc21.CC[N+](CC)(CC)CCC[N+]1=C(C=CC=C2N(CCCCCC(=O)O)c3ccccc3C2(C)C)C(C)(C)c2ccccc21. The number of alkyl carbamates (subject to hydrolysis) is 2. The van der Waals surface area contributed by atoms with Crippen LogP contribution in [0.1, 0.15) is 271 Å². The van der Waals surface area contributed by atoms with Gasteiger partial charge in [0.2, 0.25) is 17.3 Å². The van der Waals surface area contributed by atoms with Gasteiger partial charge in [0.1, 0.15) is 11.2 Å². The summed E-state index contributed by atoms with van der Waals surface area (Å²) in [4.78, 5) is 52.5. The first-order valence-corrected chi connectivity index (χ1v) is 51.5. The van der Waals surface area contributed by atoms with Crippen molar-refractivity contribution in [3.05, 3.63) is 167 Å². The van der Waals surface area contributed by atoms with Crippen LogP contribution in [0, 0.1) is 0 Å². The molecular formula is C113H196N14O7+8. The number of nitrogens with one attached hydrogen (secondary N) is 3. The third-order valence-electron chi connectivity index (χ3n) is 29.3. The second kappa shape index (κ2) is 52.7. The van der Waals surface area contributed by atoms with E-state index < -0.39 is 17.2 Å². The molecule has 4 aliphatic rings. The minimum absolute atomic E-state index is 0. The van der Waals surface area contributed by atoms with Crippen molar-refractivity contribution in [2.45, 2.75) is 281 Å². The van der Waals surface area contributed by atoms with Crippen LogP contribution in [0.25, 0.3) is 0 Å². The molecule has 0 aromatic heterocycles. The molecule has 0 saturated carbocycles. The summed E-state index contributed by atoms with van der Waals surface area (Å²) < 4.78 is 22.0. The topological polar surface area (TPSA) is 182 Å². The van der Waals surface area contributed by atoms with Crippen molar-refractivity contribution in [1.29, 1.82) is 0 Å². The van der Waals surface area contributed by atoms with Crippen LogP contribution < -0.4 is 31.5 Å². The molecule has 0 radical (unpaired) electrons. The van der Waals surface area contributed by atoms with Gasteiger partial charge in [-0.2, -0.15) is 9.15 Å². The number of allylic oxidation sites excluding steroid dienone is 8. The number of carbonyl (C=O) groups is 4. The maximum Gasteiger partial charge on any atom is 0.407 e. The second-order valence-corrected chi connectivity index (χ2v) is 45.2. The summed E-state index contributed by atoms with van der Waals surface area (Å²) in [6, 6.07) is 35.6. The molecule has 0 fully saturated rings. The molecule has 4 aliphatic heterocycles. The maximum absolute atomic E-state index is 12.9. The van der Waals surface area contributed by atoms with Gasteiger partial charge in [-0.05, 0) is 178 Å². The van der Waals surface area contributed by atoms with E-state index >= 15 is 0 Å². The van der Waals surface area contributed by atoms with Crippen molar-refractivity contribution in [2.24, 2.45) is 5.73 Å². The third kappa shape index (κ3) is 35.1. The summed E-state index contributed by atoms with van der Waals surface area (Å²) in [5, 5.41) is 18.0. The van der Waals surface area contributed by atoms with Crippen LogP contribution >= 0.6 is 0 Å². The summed E-state index contributed by atoms with van der Waals surface area (Å²) >= 11 is 0. The molecule has 4 aromatic carbocycles. The number of para-hydroxylation sites is 4. The number of quaternary nitrogens is 6. The van der Waals surface area contributed by atoms with Crippen LogP contribution in [0.3, 0.4) is 0 Å². The lowest BCUT2D eigenvalue weighted by Gasteiger charge is -2.35. The van der Waals surface area contributed by atoms with Crippen LogP contribution in [0.4, 0.5) is 32.3 Å². The van der Waals surface area contributed by atoms with Crippen molar-refractivity contribution in [3.8, 4) is 0 Å². The fraction of sp³-hybridized carbons (Fsp3) is 0.664. The van der Waals surface area contributed by atoms with Gasteiger partial charge in [-0.3, -0.25) is 9.59 Å². The smallest absolute Gasteiger partial charge is 0.407 e. The number of fused-ring (bicyclic) bond motifs is 4. The minimum atomic E-state index is -0.707. The fourth-order valence-corrected chi connectivity index (χ4v) is 20.5. The van der Waals surface area contributed by atoms with E-state index in [1.54, 1.807) is 0 Å². The number of anilines is 2. The number of hydrogen-bond donors (Lipinski definition) is 5. The monoisotopic (exact) mass is 1860 g/mol. The molecule has 21 nitrogen and oxygen atoms in total. The van der Waals surface area contributed by atoms with E-state index in [9.17, 15) is 19.2 Å². The molecule has 0 bridgehead atoms. The lowest BCUT2D eigenvalue weighted by Crippen LogP contribution is -2.48. The summed E-state index contributed by atoms with van der Waals surface area (Å²) in [6.45, 7) is 69.1. The zero-order valence-electron chi connectivity index (χ0n) is 89.4. The van der Waals surface area contributed by atoms with Gasteiger partial charge in [0, 0.05) is 153 Å². The van der Waals surface area contributed by atoms with E-state index in [4.69, 9.17) is 20.3 Å². The molecule has 0 saturated heterocycles. The van der Waals surface area contributed by atoms with Crippen LogP contribution in [0.5, 0.6) is 0 Å². The van der Waals surface area contributed by atoms with Crippen molar-refractivity contribution in [3.63, 3.8) is 0 Å². The first-order valence-electron chi connectivity index (χ1n) is 51.5. The Kier molecular flexibility index (Phi) is 45.8. The van der Waals surface area contributed by atoms with Gasteiger partial charge >= 0.3 is 18.2 Å². The molecule has 0 aliphatic carbocycles. The van der Waals surface area contributed by atoms with E-state index in [1.165, 1.54) is 142 Å². The van der Waals surface area contributed by atoms with E-state index in [0.29, 0.717) is 19.5 Å². The molecule has 0 atom stereocenters. The Hall–Kier alpha value is -8.02. The highest BCUT2D eigenvalue weighted by Crippen LogP contribution is 2.50. The van der Waals surface area contributed by atoms with Crippen LogP contribution in [-0.4, -0.2) is 301 Å². The summed E-state index contributed by atoms with van der Waals surface area (Å²) in [7, 11) is 18.2. The van der Waals surface area contributed by atoms with Gasteiger partial charge in [0.05, 0.1) is 185 Å². The molecular weight excluding hydrogens is 1670 g/mol. The molecule has 134 heavy (non-hydrogen) atoms. The van der Waals surface area contributed by atoms with Crippen molar-refractivity contribution in [2.75, 3.05) is 223 Å². The molecule has 0 spiro atoms. The van der Waals surface area contributed by atoms with Gasteiger partial charge in [0.25, 0.3) is 0 Å². The number of carboxylic acids is 1. The largest absolute Gasteiger partial charge is 0.481 e. The number of amides is 3. The van der Waals surface area contributed by atoms with E-state index in [-0.39, 0.29) is 53.6 Å². The first kappa shape index (κ1) is 116. The Morgan fingerprint density at radius 3 is 1.04 bits per heavy atom. The molecule has 4 heterocycles. The molecule has 4 aromatic rings. The normalized spacial score (nSPS) is 16.3. The van der Waals surface area contributed by atoms with Crippen molar-refractivity contribution in [1.82, 2.24) is 16.0 Å². The predicted molar refractivity (Wildman–Crippen MR) is 566 cm³/mol. The highest BCUT2D eigenvalue weighted by Gasteiger charge is 2.47. The van der Waals surface area contributed by atoms with E-state index in [2.05, 4.69) is 322 Å². The number of nitrogens with two attached hydrogens (primary N) is 1. The van der Waals surface area contributed by atoms with Crippen molar-refractivity contribution >= 4 is 58.2 Å². The van der Waals surface area contributed by atoms with Crippen LogP contribution in [0.15, 0.2) is 145 Å². The Bertz CT molecular complexity index is 4500. The summed E-state index contributed by atoms with van der Waals surface area (Å²) in [6.07, 6.45) is 28.4. The van der Waals surface area contributed by atoms with E-state index in [1.807, 2.05) is 41.5 Å². The van der Waals surface area contributed by atoms with Gasteiger partial charge in [-0.1, -0.05) is 133 Å². The number of hydrogen-bond acceptors (Lipinski definition) is 9. The molecule has 3 amide bonds. The fourth-order valence-electron chi connectivity index (χ4n) is 20.5. The lowest BCUT2D eigenvalue weighted by atomic mass is 9.81. The zero-order valence-corrected chi connectivity index (χ0v) is 89.4. The maximum atomic E-state index is 12.9. The number of carboxylic acid groups (broad SMARTS) is 1. The Morgan fingerprint density at radius 2 is 0.709 bits per heavy atom. The summed E-state index contributed by atoms with van der Waals surface area (Å²) in [5.41, 5.74) is 20.5. The average Bonchev–Trinajstić information content (AvgIpc) is 1.60. The lowest BCUT2D eigenvalue weighted by molar-refractivity contribution is -0.924. The van der Waals surface area contributed by atoms with Crippen LogP contribution in [-0.2, 0) is 40.7 Å². The Labute approximate surface area is 817 Å². The highest BCUT2D eigenvalue weighted by atomic mass is 16.6.